The van der Waals surface area contributed by atoms with Crippen molar-refractivity contribution in [3.8, 4) is 17.3 Å². The van der Waals surface area contributed by atoms with Gasteiger partial charge in [-0.2, -0.15) is 10.4 Å². The Morgan fingerprint density at radius 2 is 2.12 bits per heavy atom. The molecule has 9 nitrogen and oxygen atoms in total. The normalized spacial score (nSPS) is 10.9. The number of nitrogens with zero attached hydrogens (tertiary/aromatic N) is 3. The summed E-state index contributed by atoms with van der Waals surface area (Å²) in [7, 11) is 1.62. The third-order valence-corrected chi connectivity index (χ3v) is 3.26. The SMILES string of the molecule is CCOC(=O)c1cc(NC(=O)OC(C)(C)C)c(-c2cnn(C)c2C#N)[nH]1. The van der Waals surface area contributed by atoms with Gasteiger partial charge in [0.25, 0.3) is 0 Å². The molecular weight excluding hydrogens is 338 g/mol. The largest absolute Gasteiger partial charge is 0.461 e. The molecular formula is C17H21N5O4. The number of anilines is 1. The quantitative estimate of drug-likeness (QED) is 0.809. The van der Waals surface area contributed by atoms with E-state index in [9.17, 15) is 14.9 Å². The molecule has 0 fully saturated rings. The van der Waals surface area contributed by atoms with Gasteiger partial charge < -0.3 is 14.5 Å². The molecule has 0 atom stereocenters. The second-order valence-electron chi connectivity index (χ2n) is 6.46. The fourth-order valence-electron chi connectivity index (χ4n) is 2.25. The molecule has 138 valence electrons. The van der Waals surface area contributed by atoms with E-state index in [0.29, 0.717) is 11.3 Å². The van der Waals surface area contributed by atoms with Gasteiger partial charge in [0.15, 0.2) is 0 Å². The highest BCUT2D eigenvalue weighted by atomic mass is 16.6. The van der Waals surface area contributed by atoms with Gasteiger partial charge >= 0.3 is 12.1 Å². The number of carbonyl (C=O) groups excluding carboxylic acids is 2. The number of carbonyl (C=O) groups is 2. The lowest BCUT2D eigenvalue weighted by atomic mass is 10.1. The van der Waals surface area contributed by atoms with Crippen LogP contribution in [-0.4, -0.2) is 39.0 Å². The zero-order valence-electron chi connectivity index (χ0n) is 15.3. The van der Waals surface area contributed by atoms with E-state index in [1.807, 2.05) is 6.07 Å². The number of hydrogen-bond acceptors (Lipinski definition) is 6. The van der Waals surface area contributed by atoms with Crippen molar-refractivity contribution in [2.45, 2.75) is 33.3 Å². The van der Waals surface area contributed by atoms with Crippen molar-refractivity contribution in [2.75, 3.05) is 11.9 Å². The highest BCUT2D eigenvalue weighted by Gasteiger charge is 2.23. The van der Waals surface area contributed by atoms with E-state index >= 15 is 0 Å². The van der Waals surface area contributed by atoms with Gasteiger partial charge in [0, 0.05) is 7.05 Å². The molecule has 9 heteroatoms. The molecule has 0 saturated carbocycles. The molecule has 1 amide bonds. The van der Waals surface area contributed by atoms with Crippen molar-refractivity contribution in [1.29, 1.82) is 5.26 Å². The maximum absolute atomic E-state index is 12.1. The van der Waals surface area contributed by atoms with Crippen molar-refractivity contribution in [3.63, 3.8) is 0 Å². The molecule has 26 heavy (non-hydrogen) atoms. The van der Waals surface area contributed by atoms with Crippen molar-refractivity contribution < 1.29 is 19.1 Å². The van der Waals surface area contributed by atoms with Gasteiger partial charge in [0.2, 0.25) is 0 Å². The maximum atomic E-state index is 12.1. The number of aromatic nitrogens is 3. The summed E-state index contributed by atoms with van der Waals surface area (Å²) >= 11 is 0. The molecule has 2 N–H and O–H groups in total. The third kappa shape index (κ3) is 4.22. The first kappa shape index (κ1) is 19.1. The van der Waals surface area contributed by atoms with Crippen molar-refractivity contribution in [1.82, 2.24) is 14.8 Å². The molecule has 0 unspecified atom stereocenters. The van der Waals surface area contributed by atoms with E-state index in [1.165, 1.54) is 16.9 Å². The number of rotatable bonds is 4. The molecule has 0 saturated heterocycles. The van der Waals surface area contributed by atoms with Gasteiger partial charge in [-0.3, -0.25) is 10.00 Å². The third-order valence-electron chi connectivity index (χ3n) is 3.26. The van der Waals surface area contributed by atoms with E-state index in [0.717, 1.165) is 0 Å². The number of amides is 1. The molecule has 0 radical (unpaired) electrons. The Morgan fingerprint density at radius 1 is 1.42 bits per heavy atom. The predicted octanol–water partition coefficient (Wildman–Crippen LogP) is 2.81. The van der Waals surface area contributed by atoms with Gasteiger partial charge in [0.1, 0.15) is 23.1 Å². The average molecular weight is 359 g/mol. The van der Waals surface area contributed by atoms with Gasteiger partial charge in [0.05, 0.1) is 29.7 Å². The molecule has 0 bridgehead atoms. The molecule has 0 aromatic carbocycles. The van der Waals surface area contributed by atoms with Crippen LogP contribution in [0.1, 0.15) is 43.9 Å². The first-order valence-electron chi connectivity index (χ1n) is 7.99. The number of aryl methyl sites for hydroxylation is 1. The molecule has 0 spiro atoms. The Balaban J connectivity index is 2.46. The van der Waals surface area contributed by atoms with Crippen LogP contribution in [-0.2, 0) is 16.5 Å². The van der Waals surface area contributed by atoms with Crippen LogP contribution in [0.5, 0.6) is 0 Å². The number of nitrogens with one attached hydrogen (secondary N) is 2. The Hall–Kier alpha value is -3.28. The topological polar surface area (TPSA) is 122 Å². The summed E-state index contributed by atoms with van der Waals surface area (Å²) in [6.07, 6.45) is 0.787. The number of ether oxygens (including phenoxy) is 2. The average Bonchev–Trinajstić information content (AvgIpc) is 3.08. The van der Waals surface area contributed by atoms with Gasteiger partial charge in [-0.05, 0) is 33.8 Å². The number of aromatic amines is 1. The van der Waals surface area contributed by atoms with Crippen LogP contribution in [0.25, 0.3) is 11.3 Å². The van der Waals surface area contributed by atoms with Gasteiger partial charge in [-0.25, -0.2) is 9.59 Å². The first-order valence-corrected chi connectivity index (χ1v) is 7.99. The summed E-state index contributed by atoms with van der Waals surface area (Å²) in [6.45, 7) is 7.12. The second kappa shape index (κ2) is 7.31. The van der Waals surface area contributed by atoms with E-state index in [1.54, 1.807) is 34.7 Å². The number of esters is 1. The van der Waals surface area contributed by atoms with Crippen molar-refractivity contribution in [3.05, 3.63) is 23.7 Å². The Bertz CT molecular complexity index is 867. The molecule has 2 heterocycles. The highest BCUT2D eigenvalue weighted by molar-refractivity contribution is 5.97. The second-order valence-corrected chi connectivity index (χ2v) is 6.46. The minimum atomic E-state index is -0.685. The minimum Gasteiger partial charge on any atom is -0.461 e. The number of hydrogen-bond donors (Lipinski definition) is 2. The molecule has 0 aliphatic rings. The fraction of sp³-hybridized carbons (Fsp3) is 0.412. The van der Waals surface area contributed by atoms with Crippen LogP contribution < -0.4 is 5.32 Å². The zero-order chi connectivity index (χ0) is 19.5. The van der Waals surface area contributed by atoms with Gasteiger partial charge in [-0.15, -0.1) is 0 Å². The van der Waals surface area contributed by atoms with Crippen LogP contribution in [0.2, 0.25) is 0 Å². The van der Waals surface area contributed by atoms with Gasteiger partial charge in [-0.1, -0.05) is 0 Å². The van der Waals surface area contributed by atoms with Crippen LogP contribution in [0.3, 0.4) is 0 Å². The fourth-order valence-corrected chi connectivity index (χ4v) is 2.25. The predicted molar refractivity (Wildman–Crippen MR) is 93.5 cm³/mol. The molecule has 0 aliphatic heterocycles. The van der Waals surface area contributed by atoms with E-state index in [2.05, 4.69) is 15.4 Å². The standard InChI is InChI=1S/C17H21N5O4/c1-6-25-15(23)12-7-11(21-16(24)26-17(2,3)4)14(20-12)10-9-19-22(5)13(10)8-18/h7,9,20H,6H2,1-5H3,(H,21,24). The minimum absolute atomic E-state index is 0.139. The highest BCUT2D eigenvalue weighted by Crippen LogP contribution is 2.31. The van der Waals surface area contributed by atoms with Crippen molar-refractivity contribution in [2.24, 2.45) is 7.05 Å². The monoisotopic (exact) mass is 359 g/mol. The molecule has 2 aromatic heterocycles. The summed E-state index contributed by atoms with van der Waals surface area (Å²) in [6, 6.07) is 3.48. The van der Waals surface area contributed by atoms with Crippen LogP contribution in [0.15, 0.2) is 12.3 Å². The maximum Gasteiger partial charge on any atom is 0.412 e. The van der Waals surface area contributed by atoms with Crippen molar-refractivity contribution >= 4 is 17.7 Å². The first-order chi connectivity index (χ1) is 12.2. The molecule has 0 aliphatic carbocycles. The Morgan fingerprint density at radius 3 is 2.69 bits per heavy atom. The lowest BCUT2D eigenvalue weighted by Crippen LogP contribution is -2.27. The van der Waals surface area contributed by atoms with E-state index in [-0.39, 0.29) is 23.7 Å². The number of nitriles is 1. The zero-order valence-corrected chi connectivity index (χ0v) is 15.3. The Labute approximate surface area is 150 Å². The summed E-state index contributed by atoms with van der Waals surface area (Å²) in [5.74, 6) is -0.576. The Kier molecular flexibility index (Phi) is 5.35. The van der Waals surface area contributed by atoms with E-state index < -0.39 is 17.7 Å². The molecule has 2 rings (SSSR count). The summed E-state index contributed by atoms with van der Waals surface area (Å²) in [5.41, 5.74) is 0.818. The van der Waals surface area contributed by atoms with Crippen LogP contribution in [0, 0.1) is 11.3 Å². The summed E-state index contributed by atoms with van der Waals surface area (Å²) in [5, 5.41) is 16.0. The smallest absolute Gasteiger partial charge is 0.412 e. The van der Waals surface area contributed by atoms with E-state index in [4.69, 9.17) is 9.47 Å². The summed E-state index contributed by atoms with van der Waals surface area (Å²) in [4.78, 5) is 27.0. The lowest BCUT2D eigenvalue weighted by Gasteiger charge is -2.19. The lowest BCUT2D eigenvalue weighted by molar-refractivity contribution is 0.0519. The molecule has 2 aromatic rings. The van der Waals surface area contributed by atoms with Crippen LogP contribution in [0.4, 0.5) is 10.5 Å². The number of H-pyrrole nitrogens is 1. The summed E-state index contributed by atoms with van der Waals surface area (Å²) < 4.78 is 11.6. The van der Waals surface area contributed by atoms with Crippen LogP contribution >= 0.6 is 0 Å².